The summed E-state index contributed by atoms with van der Waals surface area (Å²) < 4.78 is 125. The zero-order chi connectivity index (χ0) is 112. The molecule has 5 N–H and O–H groups in total. The first kappa shape index (κ1) is 150. The summed E-state index contributed by atoms with van der Waals surface area (Å²) in [6, 6.07) is 0. The van der Waals surface area contributed by atoms with Crippen LogP contribution in [0.2, 0.25) is 0 Å². The van der Waals surface area contributed by atoms with Crippen LogP contribution in [0.5, 0.6) is 0 Å². The average Bonchev–Trinajstić information content (AvgIpc) is 1.58. The van der Waals surface area contributed by atoms with Gasteiger partial charge in [0.2, 0.25) is 0 Å². The first-order chi connectivity index (χ1) is 71.7. The normalized spacial score (nSPS) is 13.8. The highest BCUT2D eigenvalue weighted by molar-refractivity contribution is 8.00. The van der Waals surface area contributed by atoms with Crippen molar-refractivity contribution in [1.29, 1.82) is 0 Å². The first-order valence-corrected chi connectivity index (χ1v) is 57.1. The molecule has 0 aliphatic carbocycles. The maximum absolute atomic E-state index is 12.4. The van der Waals surface area contributed by atoms with E-state index < -0.39 is 121 Å². The lowest BCUT2D eigenvalue weighted by Gasteiger charge is -2.24. The highest BCUT2D eigenvalue weighted by Crippen LogP contribution is 2.25. The van der Waals surface area contributed by atoms with Gasteiger partial charge >= 0.3 is 60.6 Å². The molecule has 1 aliphatic heterocycles. The molecular formula is C99H191N5O40S5. The lowest BCUT2D eigenvalue weighted by Crippen LogP contribution is -2.39. The number of aliphatic hydroxyl groups excluding tert-OH is 5. The topological polar surface area (TPSA) is 519 Å². The second-order valence-corrected chi connectivity index (χ2v) is 41.2. The number of hydrogen-bond acceptors (Lipinski definition) is 50. The number of thioether (sulfide) groups is 5. The van der Waals surface area contributed by atoms with Gasteiger partial charge in [0.1, 0.15) is 126 Å². The predicted octanol–water partition coefficient (Wildman–Crippen LogP) is 8.41. The Hall–Kier alpha value is -5.35. The fourth-order valence-corrected chi connectivity index (χ4v) is 15.3. The third-order valence-corrected chi connectivity index (χ3v) is 25.8. The van der Waals surface area contributed by atoms with Crippen LogP contribution in [0.15, 0.2) is 0 Å². The van der Waals surface area contributed by atoms with Gasteiger partial charge in [-0.05, 0) is 140 Å². The number of hydrogen-bond donors (Lipinski definition) is 5. The van der Waals surface area contributed by atoms with Gasteiger partial charge in [0.25, 0.3) is 0 Å². The SMILES string of the molecule is CCCCN(CCCC)CCSCCOC(=O)C(C)(CO)COC(=O)OCCOCCOC.CCCN(CCC)CCSCCOC(=O)C(C)(CO)COC(=O)OCCOCCOC.CCN(CC)CCSCCOC(=O)C(C)(CO)COC(=O)OCCOCCOC.COCCOCCOC(=O)OCC(C)(CO)C(=O)OCCSCCN(C)C.COCCOCCOC(=O)OCC(C)(CO)C(=O)OCCSCCN1CCCC1. The Morgan fingerprint density at radius 1 is 0.255 bits per heavy atom. The van der Waals surface area contributed by atoms with Crippen molar-refractivity contribution in [2.75, 3.05) is 423 Å². The van der Waals surface area contributed by atoms with Crippen LogP contribution in [0.3, 0.4) is 0 Å². The van der Waals surface area contributed by atoms with E-state index in [1.807, 2.05) is 14.1 Å². The van der Waals surface area contributed by atoms with Crippen molar-refractivity contribution in [3.05, 3.63) is 0 Å². The van der Waals surface area contributed by atoms with Gasteiger partial charge in [0, 0.05) is 126 Å². The van der Waals surface area contributed by atoms with Gasteiger partial charge in [0.15, 0.2) is 0 Å². The third kappa shape index (κ3) is 87.4. The summed E-state index contributed by atoms with van der Waals surface area (Å²) in [6.07, 6.45) is 5.00. The lowest BCUT2D eigenvalue weighted by atomic mass is 9.93. The van der Waals surface area contributed by atoms with Gasteiger partial charge in [-0.25, -0.2) is 24.0 Å². The number of carbonyl (C=O) groups is 10. The lowest BCUT2D eigenvalue weighted by molar-refractivity contribution is -0.161. The Morgan fingerprint density at radius 2 is 0.477 bits per heavy atom. The Kier molecular flexibility index (Phi) is 105. The van der Waals surface area contributed by atoms with Crippen LogP contribution < -0.4 is 0 Å². The van der Waals surface area contributed by atoms with Gasteiger partial charge < -0.3 is 168 Å². The Bertz CT molecular complexity index is 3120. The fourth-order valence-electron chi connectivity index (χ4n) is 11.3. The van der Waals surface area contributed by atoms with Crippen molar-refractivity contribution in [1.82, 2.24) is 24.5 Å². The van der Waals surface area contributed by atoms with Crippen LogP contribution >= 0.6 is 58.8 Å². The molecule has 1 rings (SSSR count). The maximum atomic E-state index is 12.4. The number of likely N-dealkylation sites (tertiary alicyclic amines) is 1. The van der Waals surface area contributed by atoms with E-state index in [1.54, 1.807) is 94.4 Å². The Labute approximate surface area is 908 Å². The number of esters is 5. The summed E-state index contributed by atoms with van der Waals surface area (Å²) in [5, 5.41) is 47.8. The van der Waals surface area contributed by atoms with Gasteiger partial charge in [-0.2, -0.15) is 58.8 Å². The molecule has 149 heavy (non-hydrogen) atoms. The standard InChI is InChI=1S/C23H45NO8S.C21H41NO8S.C19H35NO8S.C19H37NO8S.C17H33NO8S/c1-5-7-9-24(10-8-6-2)11-17-33-18-16-30-21(26)23(3,19-25)20-32-22(27)31-15-14-29-13-12-28-4;1-5-7-22(8-6-2)9-15-31-16-14-28-19(24)21(3,17-23)18-30-20(25)29-13-12-27-11-10-26-4;1-19(15-21,16-28-18(23)27-11-10-25-9-8-24-2)17(22)26-12-14-29-13-7-20-5-3-4-6-20;1-5-20(6-2)7-13-29-14-12-26-17(22)19(3,15-21)16-28-18(23)27-11-10-25-9-8-24-4;1-17(13-19,15(20)24-10-12-27-11-5-18(2)3)14-26-16(21)25-9-8-23-7-6-22-4/h25H,5-20H2,1-4H3;23H,5-18H2,1-4H3;21H,3-16H2,1-2H3;21H,5-16H2,1-4H3;19H,5-14H2,1-4H3. The molecule has 1 saturated heterocycles. The molecule has 50 heteroatoms. The van der Waals surface area contributed by atoms with Gasteiger partial charge in [-0.1, -0.05) is 54.4 Å². The van der Waals surface area contributed by atoms with E-state index in [9.17, 15) is 73.5 Å². The highest BCUT2D eigenvalue weighted by Gasteiger charge is 2.41. The van der Waals surface area contributed by atoms with E-state index >= 15 is 0 Å². The molecular weight excluding hydrogens is 2060 g/mol. The summed E-state index contributed by atoms with van der Waals surface area (Å²) in [5.74, 6) is 5.17. The van der Waals surface area contributed by atoms with Crippen molar-refractivity contribution in [3.63, 3.8) is 0 Å². The average molecular weight is 2250 g/mol. The summed E-state index contributed by atoms with van der Waals surface area (Å²) in [6.45, 7) is 36.8. The van der Waals surface area contributed by atoms with Gasteiger partial charge in [-0.3, -0.25) is 24.0 Å². The van der Waals surface area contributed by atoms with Crippen LogP contribution in [0.4, 0.5) is 24.0 Å². The molecule has 0 aromatic rings. The zero-order valence-electron chi connectivity index (χ0n) is 93.0. The second-order valence-electron chi connectivity index (χ2n) is 35.1. The molecule has 0 amide bonds. The van der Waals surface area contributed by atoms with E-state index in [-0.39, 0.29) is 132 Å². The minimum absolute atomic E-state index is 0.0208. The van der Waals surface area contributed by atoms with E-state index in [4.69, 9.17) is 118 Å². The molecule has 882 valence electrons. The molecule has 0 spiro atoms. The zero-order valence-corrected chi connectivity index (χ0v) is 97.1. The van der Waals surface area contributed by atoms with Gasteiger partial charge in [0.05, 0.1) is 132 Å². The smallest absolute Gasteiger partial charge is 0.464 e. The second kappa shape index (κ2) is 104. The molecule has 0 radical (unpaired) electrons. The molecule has 5 unspecified atom stereocenters. The minimum Gasteiger partial charge on any atom is -0.464 e. The molecule has 1 aliphatic rings. The molecule has 45 nitrogen and oxygen atoms in total. The van der Waals surface area contributed by atoms with Crippen LogP contribution in [0.1, 0.15) is 128 Å². The molecule has 0 saturated carbocycles. The minimum atomic E-state index is -1.34. The fraction of sp³-hybridized carbons (Fsp3) is 0.899. The van der Waals surface area contributed by atoms with Crippen molar-refractivity contribution in [2.24, 2.45) is 27.1 Å². The molecule has 5 atom stereocenters. The van der Waals surface area contributed by atoms with E-state index in [2.05, 4.69) is 66.0 Å². The first-order valence-electron chi connectivity index (χ1n) is 51.3. The number of aliphatic hydroxyl groups is 5. The maximum Gasteiger partial charge on any atom is 0.508 e. The largest absolute Gasteiger partial charge is 0.508 e. The number of carbonyl (C=O) groups excluding carboxylic acids is 10. The van der Waals surface area contributed by atoms with Crippen molar-refractivity contribution in [2.45, 2.75) is 128 Å². The van der Waals surface area contributed by atoms with Crippen molar-refractivity contribution in [3.8, 4) is 0 Å². The van der Waals surface area contributed by atoms with Crippen LogP contribution in [0.25, 0.3) is 0 Å². The van der Waals surface area contributed by atoms with Crippen molar-refractivity contribution < 1.29 is 192 Å². The van der Waals surface area contributed by atoms with E-state index in [1.165, 1.54) is 86.2 Å². The summed E-state index contributed by atoms with van der Waals surface area (Å²) in [7, 11) is 11.8. The predicted molar refractivity (Wildman–Crippen MR) is 573 cm³/mol. The Morgan fingerprint density at radius 3 is 0.691 bits per heavy atom. The van der Waals surface area contributed by atoms with E-state index in [0.717, 1.165) is 114 Å². The van der Waals surface area contributed by atoms with Crippen LogP contribution in [0, 0.1) is 27.1 Å². The number of nitrogens with zero attached hydrogens (tertiary/aromatic N) is 5. The van der Waals surface area contributed by atoms with Crippen LogP contribution in [-0.4, -0.2) is 534 Å². The van der Waals surface area contributed by atoms with E-state index in [0.29, 0.717) is 94.8 Å². The molecule has 0 bridgehead atoms. The number of ether oxygens (including phenoxy) is 25. The number of unbranched alkanes of at least 4 members (excludes halogenated alkanes) is 2. The van der Waals surface area contributed by atoms with Crippen LogP contribution in [-0.2, 0) is 142 Å². The number of methoxy groups -OCH3 is 5. The summed E-state index contributed by atoms with van der Waals surface area (Å²) >= 11 is 8.56. The molecule has 0 aromatic heterocycles. The van der Waals surface area contributed by atoms with Gasteiger partial charge in [-0.15, -0.1) is 0 Å². The molecule has 0 aromatic carbocycles. The number of rotatable bonds is 92. The van der Waals surface area contributed by atoms with Crippen molar-refractivity contribution >= 4 is 119 Å². The monoisotopic (exact) mass is 2250 g/mol. The highest BCUT2D eigenvalue weighted by atomic mass is 32.2. The molecule has 1 heterocycles. The summed E-state index contributed by atoms with van der Waals surface area (Å²) in [4.78, 5) is 131. The molecule has 1 fully saturated rings. The Balaban J connectivity index is -0.000000883. The summed E-state index contributed by atoms with van der Waals surface area (Å²) in [5.41, 5.74) is -6.66. The quantitative estimate of drug-likeness (QED) is 0.0216. The third-order valence-electron chi connectivity index (χ3n) is 21.2.